The van der Waals surface area contributed by atoms with Gasteiger partial charge in [0.1, 0.15) is 11.9 Å². The molecule has 76 valence electrons. The Morgan fingerprint density at radius 3 is 2.53 bits per heavy atom. The largest absolute Gasteiger partial charge is 0.310 e. The van der Waals surface area contributed by atoms with Crippen LogP contribution in [0, 0.1) is 17.0 Å². The molecular weight excluding hydrogens is 194 g/mol. The first-order valence-electron chi connectivity index (χ1n) is 4.44. The molecule has 2 rings (SSSR count). The van der Waals surface area contributed by atoms with E-state index in [1.807, 2.05) is 30.3 Å². The van der Waals surface area contributed by atoms with E-state index in [0.29, 0.717) is 5.69 Å². The Morgan fingerprint density at radius 2 is 2.00 bits per heavy atom. The van der Waals surface area contributed by atoms with Gasteiger partial charge in [0, 0.05) is 0 Å². The van der Waals surface area contributed by atoms with Crippen LogP contribution in [-0.4, -0.2) is 14.7 Å². The standard InChI is InChI=1S/C10H9N3O2/c1-8-10(13(14)15)7-12(11-8)9-5-3-2-4-6-9/h2-7H,1H3. The van der Waals surface area contributed by atoms with E-state index in [-0.39, 0.29) is 5.69 Å². The van der Waals surface area contributed by atoms with Crippen LogP contribution in [-0.2, 0) is 0 Å². The molecule has 0 atom stereocenters. The highest BCUT2D eigenvalue weighted by atomic mass is 16.6. The zero-order chi connectivity index (χ0) is 10.8. The van der Waals surface area contributed by atoms with E-state index >= 15 is 0 Å². The van der Waals surface area contributed by atoms with Gasteiger partial charge in [0.25, 0.3) is 0 Å². The molecule has 0 N–H and O–H groups in total. The first-order valence-corrected chi connectivity index (χ1v) is 4.44. The molecule has 1 aromatic heterocycles. The summed E-state index contributed by atoms with van der Waals surface area (Å²) < 4.78 is 1.51. The van der Waals surface area contributed by atoms with Crippen molar-refractivity contribution in [3.63, 3.8) is 0 Å². The maximum atomic E-state index is 10.6. The molecule has 1 aromatic carbocycles. The Hall–Kier alpha value is -2.17. The number of rotatable bonds is 2. The number of hydrogen-bond donors (Lipinski definition) is 0. The molecule has 15 heavy (non-hydrogen) atoms. The van der Waals surface area contributed by atoms with Gasteiger partial charge in [-0.3, -0.25) is 10.1 Å². The van der Waals surface area contributed by atoms with Crippen molar-refractivity contribution in [2.24, 2.45) is 0 Å². The third-order valence-electron chi connectivity index (χ3n) is 2.09. The fraction of sp³-hybridized carbons (Fsp3) is 0.100. The third-order valence-corrected chi connectivity index (χ3v) is 2.09. The lowest BCUT2D eigenvalue weighted by molar-refractivity contribution is -0.385. The topological polar surface area (TPSA) is 61.0 Å². The molecule has 0 unspecified atom stereocenters. The molecule has 0 aliphatic heterocycles. The van der Waals surface area contributed by atoms with E-state index in [0.717, 1.165) is 5.69 Å². The summed E-state index contributed by atoms with van der Waals surface area (Å²) in [5, 5.41) is 14.7. The molecule has 5 nitrogen and oxygen atoms in total. The molecule has 0 aliphatic rings. The lowest BCUT2D eigenvalue weighted by Crippen LogP contribution is -1.93. The normalized spacial score (nSPS) is 10.2. The van der Waals surface area contributed by atoms with Gasteiger partial charge in [0.15, 0.2) is 0 Å². The van der Waals surface area contributed by atoms with Crippen molar-refractivity contribution in [3.05, 3.63) is 52.3 Å². The molecule has 5 heteroatoms. The summed E-state index contributed by atoms with van der Waals surface area (Å²) >= 11 is 0. The van der Waals surface area contributed by atoms with Gasteiger partial charge in [-0.25, -0.2) is 4.68 Å². The quantitative estimate of drug-likeness (QED) is 0.554. The molecule has 0 bridgehead atoms. The predicted molar refractivity (Wildman–Crippen MR) is 55.0 cm³/mol. The fourth-order valence-corrected chi connectivity index (χ4v) is 1.34. The zero-order valence-corrected chi connectivity index (χ0v) is 8.12. The van der Waals surface area contributed by atoms with Crippen LogP contribution in [0.5, 0.6) is 0 Å². The van der Waals surface area contributed by atoms with E-state index in [9.17, 15) is 10.1 Å². The number of aromatic nitrogens is 2. The summed E-state index contributed by atoms with van der Waals surface area (Å²) in [5.74, 6) is 0. The highest BCUT2D eigenvalue weighted by Gasteiger charge is 2.15. The molecule has 0 spiro atoms. The number of benzene rings is 1. The van der Waals surface area contributed by atoms with Crippen molar-refractivity contribution in [2.75, 3.05) is 0 Å². The number of nitro groups is 1. The predicted octanol–water partition coefficient (Wildman–Crippen LogP) is 2.09. The van der Waals surface area contributed by atoms with Crippen molar-refractivity contribution in [3.8, 4) is 5.69 Å². The van der Waals surface area contributed by atoms with Crippen LogP contribution in [0.3, 0.4) is 0 Å². The van der Waals surface area contributed by atoms with Crippen molar-refractivity contribution < 1.29 is 4.92 Å². The molecular formula is C10H9N3O2. The van der Waals surface area contributed by atoms with Crippen LogP contribution in [0.1, 0.15) is 5.69 Å². The van der Waals surface area contributed by atoms with Gasteiger partial charge in [-0.1, -0.05) is 18.2 Å². The SMILES string of the molecule is Cc1nn(-c2ccccc2)cc1[N+](=O)[O-]. The van der Waals surface area contributed by atoms with E-state index in [1.54, 1.807) is 6.92 Å². The van der Waals surface area contributed by atoms with Crippen molar-refractivity contribution in [2.45, 2.75) is 6.92 Å². The third kappa shape index (κ3) is 1.71. The van der Waals surface area contributed by atoms with E-state index in [2.05, 4.69) is 5.10 Å². The summed E-state index contributed by atoms with van der Waals surface area (Å²) in [6.07, 6.45) is 1.42. The number of hydrogen-bond acceptors (Lipinski definition) is 3. The van der Waals surface area contributed by atoms with Crippen LogP contribution in [0.15, 0.2) is 36.5 Å². The van der Waals surface area contributed by atoms with Gasteiger partial charge in [-0.15, -0.1) is 0 Å². The molecule has 1 heterocycles. The molecule has 2 aromatic rings. The zero-order valence-electron chi connectivity index (χ0n) is 8.12. The van der Waals surface area contributed by atoms with E-state index in [4.69, 9.17) is 0 Å². The number of nitrogens with zero attached hydrogens (tertiary/aromatic N) is 3. The van der Waals surface area contributed by atoms with Crippen LogP contribution >= 0.6 is 0 Å². The molecule has 0 radical (unpaired) electrons. The second-order valence-corrected chi connectivity index (χ2v) is 3.14. The second kappa shape index (κ2) is 3.53. The number of para-hydroxylation sites is 1. The lowest BCUT2D eigenvalue weighted by Gasteiger charge is -1.97. The molecule has 0 saturated heterocycles. The van der Waals surface area contributed by atoms with Crippen LogP contribution in [0.4, 0.5) is 5.69 Å². The minimum absolute atomic E-state index is 0.0406. The van der Waals surface area contributed by atoms with E-state index < -0.39 is 4.92 Å². The van der Waals surface area contributed by atoms with Crippen molar-refractivity contribution in [1.82, 2.24) is 9.78 Å². The Balaban J connectivity index is 2.48. The second-order valence-electron chi connectivity index (χ2n) is 3.14. The Kier molecular flexibility index (Phi) is 2.21. The summed E-state index contributed by atoms with van der Waals surface area (Å²) in [6.45, 7) is 1.62. The minimum Gasteiger partial charge on any atom is -0.258 e. The fourth-order valence-electron chi connectivity index (χ4n) is 1.34. The van der Waals surface area contributed by atoms with Gasteiger partial charge < -0.3 is 0 Å². The first-order chi connectivity index (χ1) is 7.18. The lowest BCUT2D eigenvalue weighted by atomic mass is 10.3. The molecule has 0 saturated carbocycles. The smallest absolute Gasteiger partial charge is 0.258 e. The average molecular weight is 203 g/mol. The van der Waals surface area contributed by atoms with Crippen molar-refractivity contribution in [1.29, 1.82) is 0 Å². The summed E-state index contributed by atoms with van der Waals surface area (Å²) in [4.78, 5) is 10.2. The van der Waals surface area contributed by atoms with Gasteiger partial charge in [-0.05, 0) is 19.1 Å². The van der Waals surface area contributed by atoms with Gasteiger partial charge in [0.2, 0.25) is 0 Å². The summed E-state index contributed by atoms with van der Waals surface area (Å²) in [6, 6.07) is 9.29. The monoisotopic (exact) mass is 203 g/mol. The van der Waals surface area contributed by atoms with Gasteiger partial charge in [0.05, 0.1) is 10.6 Å². The first kappa shape index (κ1) is 9.39. The molecule has 0 fully saturated rings. The van der Waals surface area contributed by atoms with Crippen LogP contribution < -0.4 is 0 Å². The Bertz CT molecular complexity index is 491. The average Bonchev–Trinajstić information content (AvgIpc) is 2.62. The minimum atomic E-state index is -0.429. The highest BCUT2D eigenvalue weighted by Crippen LogP contribution is 2.17. The molecule has 0 aliphatic carbocycles. The van der Waals surface area contributed by atoms with Crippen molar-refractivity contribution >= 4 is 5.69 Å². The Labute approximate surface area is 86.1 Å². The van der Waals surface area contributed by atoms with Crippen LogP contribution in [0.2, 0.25) is 0 Å². The Morgan fingerprint density at radius 1 is 1.33 bits per heavy atom. The van der Waals surface area contributed by atoms with Gasteiger partial charge >= 0.3 is 5.69 Å². The number of aryl methyl sites for hydroxylation is 1. The highest BCUT2D eigenvalue weighted by molar-refractivity contribution is 5.38. The van der Waals surface area contributed by atoms with Crippen LogP contribution in [0.25, 0.3) is 5.69 Å². The molecule has 0 amide bonds. The maximum absolute atomic E-state index is 10.6. The van der Waals surface area contributed by atoms with E-state index in [1.165, 1.54) is 10.9 Å². The maximum Gasteiger partial charge on any atom is 0.310 e. The summed E-state index contributed by atoms with van der Waals surface area (Å²) in [5.41, 5.74) is 1.27. The van der Waals surface area contributed by atoms with Gasteiger partial charge in [-0.2, -0.15) is 5.10 Å². The summed E-state index contributed by atoms with van der Waals surface area (Å²) in [7, 11) is 0.